The van der Waals surface area contributed by atoms with Crippen LogP contribution in [0.4, 0.5) is 17.5 Å². The maximum atomic E-state index is 13.0. The lowest BCUT2D eigenvalue weighted by Crippen LogP contribution is -2.23. The van der Waals surface area contributed by atoms with Crippen molar-refractivity contribution >= 4 is 34.3 Å². The Balaban J connectivity index is 1.40. The Hall–Kier alpha value is -4.53. The van der Waals surface area contributed by atoms with Crippen LogP contribution in [-0.2, 0) is 13.6 Å². The number of benzene rings is 1. The molecule has 168 valence electrons. The van der Waals surface area contributed by atoms with E-state index >= 15 is 0 Å². The summed E-state index contributed by atoms with van der Waals surface area (Å²) in [6.07, 6.45) is 5.39. The van der Waals surface area contributed by atoms with E-state index in [0.29, 0.717) is 24.0 Å². The van der Waals surface area contributed by atoms with Gasteiger partial charge in [-0.1, -0.05) is 18.2 Å². The largest absolute Gasteiger partial charge is 0.359 e. The number of hydrogen-bond donors (Lipinski definition) is 2. The molecule has 1 aliphatic rings. The Morgan fingerprint density at radius 1 is 1.09 bits per heavy atom. The minimum Gasteiger partial charge on any atom is -0.359 e. The quantitative estimate of drug-likeness (QED) is 0.424. The van der Waals surface area contributed by atoms with Crippen molar-refractivity contribution in [3.63, 3.8) is 0 Å². The number of para-hydroxylation sites is 1. The van der Waals surface area contributed by atoms with Gasteiger partial charge >= 0.3 is 0 Å². The van der Waals surface area contributed by atoms with Gasteiger partial charge in [0.1, 0.15) is 5.69 Å². The molecule has 5 heterocycles. The first-order valence-corrected chi connectivity index (χ1v) is 11.0. The highest BCUT2D eigenvalue weighted by Gasteiger charge is 2.31. The van der Waals surface area contributed by atoms with E-state index in [9.17, 15) is 4.79 Å². The number of aromatic amines is 1. The van der Waals surface area contributed by atoms with E-state index in [1.807, 2.05) is 63.5 Å². The molecular formula is C25H22N8O. The van der Waals surface area contributed by atoms with Gasteiger partial charge in [-0.25, -0.2) is 9.97 Å². The molecule has 34 heavy (non-hydrogen) atoms. The number of anilines is 3. The van der Waals surface area contributed by atoms with Gasteiger partial charge in [0.05, 0.1) is 23.4 Å². The predicted molar refractivity (Wildman–Crippen MR) is 130 cm³/mol. The second-order valence-corrected chi connectivity index (χ2v) is 8.45. The number of nitrogens with one attached hydrogen (secondary N) is 2. The lowest BCUT2D eigenvalue weighted by atomic mass is 10.1. The van der Waals surface area contributed by atoms with Gasteiger partial charge in [-0.05, 0) is 31.5 Å². The molecule has 0 radical (unpaired) electrons. The Morgan fingerprint density at radius 2 is 1.97 bits per heavy atom. The molecule has 1 aromatic carbocycles. The second kappa shape index (κ2) is 7.51. The third kappa shape index (κ3) is 3.13. The molecule has 9 heteroatoms. The first-order chi connectivity index (χ1) is 16.5. The van der Waals surface area contributed by atoms with E-state index in [-0.39, 0.29) is 5.91 Å². The van der Waals surface area contributed by atoms with E-state index < -0.39 is 0 Å². The molecule has 1 amide bonds. The molecule has 0 spiro atoms. The Kier molecular flexibility index (Phi) is 4.44. The van der Waals surface area contributed by atoms with Crippen molar-refractivity contribution in [2.75, 3.05) is 10.2 Å². The first-order valence-electron chi connectivity index (χ1n) is 11.0. The van der Waals surface area contributed by atoms with Crippen LogP contribution in [0.15, 0.2) is 55.0 Å². The zero-order chi connectivity index (χ0) is 23.4. The summed E-state index contributed by atoms with van der Waals surface area (Å²) in [5.74, 6) is 1.08. The molecule has 9 nitrogen and oxygen atoms in total. The van der Waals surface area contributed by atoms with Crippen molar-refractivity contribution in [1.29, 1.82) is 0 Å². The summed E-state index contributed by atoms with van der Waals surface area (Å²) >= 11 is 0. The number of rotatable bonds is 4. The number of H-pyrrole nitrogens is 1. The number of amides is 1. The van der Waals surface area contributed by atoms with Crippen molar-refractivity contribution in [2.24, 2.45) is 7.05 Å². The van der Waals surface area contributed by atoms with E-state index in [1.54, 1.807) is 22.0 Å². The van der Waals surface area contributed by atoms with Gasteiger partial charge in [0, 0.05) is 53.9 Å². The summed E-state index contributed by atoms with van der Waals surface area (Å²) in [4.78, 5) is 31.7. The van der Waals surface area contributed by atoms with Gasteiger partial charge in [0.15, 0.2) is 5.82 Å². The number of fused-ring (bicyclic) bond motifs is 2. The molecule has 0 aliphatic carbocycles. The van der Waals surface area contributed by atoms with Gasteiger partial charge < -0.3 is 15.2 Å². The van der Waals surface area contributed by atoms with Crippen molar-refractivity contribution in [3.05, 3.63) is 77.5 Å². The van der Waals surface area contributed by atoms with Crippen molar-refractivity contribution in [2.45, 2.75) is 20.4 Å². The van der Waals surface area contributed by atoms with E-state index in [0.717, 1.165) is 44.7 Å². The van der Waals surface area contributed by atoms with Crippen LogP contribution in [0.3, 0.4) is 0 Å². The number of pyridine rings is 1. The fourth-order valence-electron chi connectivity index (χ4n) is 4.39. The molecule has 5 aromatic rings. The molecule has 2 N–H and O–H groups in total. The molecule has 4 aromatic heterocycles. The highest BCUT2D eigenvalue weighted by molar-refractivity contribution is 6.13. The SMILES string of the molecule is Cc1cnc(Nc2cc(C)n(C)n2)nc1-c1c[nH]c2c(N3Cc4cccnc4C3=O)cccc12. The van der Waals surface area contributed by atoms with Crippen LogP contribution in [0.25, 0.3) is 22.2 Å². The average Bonchev–Trinajstić information content (AvgIpc) is 3.51. The standard InChI is InChI=1S/C25H22N8O/c1-14-11-28-25(29-20-10-15(2)32(3)31-20)30-21(14)18-12-27-23-17(18)7-4-8-19(23)33-13-16-6-5-9-26-22(16)24(33)34/h4-12,27H,13H2,1-3H3,(H,28,29,30,31). The fraction of sp³-hybridized carbons (Fsp3) is 0.160. The minimum atomic E-state index is -0.0883. The second-order valence-electron chi connectivity index (χ2n) is 8.45. The number of nitrogens with zero attached hydrogens (tertiary/aromatic N) is 6. The summed E-state index contributed by atoms with van der Waals surface area (Å²) in [6.45, 7) is 4.47. The summed E-state index contributed by atoms with van der Waals surface area (Å²) in [5.41, 5.74) is 6.88. The molecule has 6 rings (SSSR count). The molecule has 0 unspecified atom stereocenters. The molecule has 0 fully saturated rings. The van der Waals surface area contributed by atoms with E-state index in [2.05, 4.69) is 25.4 Å². The van der Waals surface area contributed by atoms with Crippen LogP contribution in [0.2, 0.25) is 0 Å². The maximum Gasteiger partial charge on any atom is 0.277 e. The fourth-order valence-corrected chi connectivity index (χ4v) is 4.39. The molecule has 0 saturated carbocycles. The maximum absolute atomic E-state index is 13.0. The third-order valence-electron chi connectivity index (χ3n) is 6.23. The minimum absolute atomic E-state index is 0.0883. The van der Waals surface area contributed by atoms with Crippen LogP contribution < -0.4 is 10.2 Å². The summed E-state index contributed by atoms with van der Waals surface area (Å²) in [5, 5.41) is 8.60. The van der Waals surface area contributed by atoms with Gasteiger partial charge in [-0.15, -0.1) is 0 Å². The zero-order valence-corrected chi connectivity index (χ0v) is 19.0. The highest BCUT2D eigenvalue weighted by atomic mass is 16.2. The zero-order valence-electron chi connectivity index (χ0n) is 19.0. The molecule has 0 atom stereocenters. The predicted octanol–water partition coefficient (Wildman–Crippen LogP) is 4.27. The van der Waals surface area contributed by atoms with Crippen LogP contribution >= 0.6 is 0 Å². The summed E-state index contributed by atoms with van der Waals surface area (Å²) < 4.78 is 1.80. The number of aromatic nitrogens is 6. The number of carbonyl (C=O) groups excluding carboxylic acids is 1. The summed E-state index contributed by atoms with van der Waals surface area (Å²) in [7, 11) is 1.89. The van der Waals surface area contributed by atoms with Gasteiger partial charge in [0.2, 0.25) is 5.95 Å². The molecule has 0 bridgehead atoms. The average molecular weight is 451 g/mol. The monoisotopic (exact) mass is 450 g/mol. The Bertz CT molecular complexity index is 1560. The smallest absolute Gasteiger partial charge is 0.277 e. The number of aryl methyl sites for hydroxylation is 3. The summed E-state index contributed by atoms with van der Waals surface area (Å²) in [6, 6.07) is 11.7. The molecule has 1 aliphatic heterocycles. The van der Waals surface area contributed by atoms with Crippen molar-refractivity contribution in [1.82, 2.24) is 29.7 Å². The van der Waals surface area contributed by atoms with Crippen molar-refractivity contribution < 1.29 is 4.79 Å². The van der Waals surface area contributed by atoms with E-state index in [4.69, 9.17) is 4.98 Å². The van der Waals surface area contributed by atoms with Gasteiger partial charge in [-0.3, -0.25) is 14.5 Å². The Labute approximate surface area is 195 Å². The van der Waals surface area contributed by atoms with Crippen LogP contribution in [0.1, 0.15) is 27.3 Å². The van der Waals surface area contributed by atoms with Crippen LogP contribution in [0.5, 0.6) is 0 Å². The number of carbonyl (C=O) groups is 1. The third-order valence-corrected chi connectivity index (χ3v) is 6.23. The van der Waals surface area contributed by atoms with Crippen molar-refractivity contribution in [3.8, 4) is 11.3 Å². The Morgan fingerprint density at radius 3 is 2.76 bits per heavy atom. The van der Waals surface area contributed by atoms with Gasteiger partial charge in [0.25, 0.3) is 5.91 Å². The highest BCUT2D eigenvalue weighted by Crippen LogP contribution is 2.37. The topological polar surface area (TPSA) is 105 Å². The van der Waals surface area contributed by atoms with E-state index in [1.165, 1.54) is 0 Å². The lowest BCUT2D eigenvalue weighted by molar-refractivity contribution is 0.0992. The number of hydrogen-bond acceptors (Lipinski definition) is 6. The van der Waals surface area contributed by atoms with Gasteiger partial charge in [-0.2, -0.15) is 5.10 Å². The van der Waals surface area contributed by atoms with Crippen LogP contribution in [0, 0.1) is 13.8 Å². The molecular weight excluding hydrogens is 428 g/mol. The normalized spacial score (nSPS) is 13.0. The van der Waals surface area contributed by atoms with Crippen LogP contribution in [-0.4, -0.2) is 35.6 Å². The first kappa shape index (κ1) is 20.1. The lowest BCUT2D eigenvalue weighted by Gasteiger charge is -2.16. The molecule has 0 saturated heterocycles.